The summed E-state index contributed by atoms with van der Waals surface area (Å²) in [4.78, 5) is 41.1. The number of nitrogens with zero attached hydrogens (tertiary/aromatic N) is 5. The monoisotopic (exact) mass is 723 g/mol. The Labute approximate surface area is 296 Å². The van der Waals surface area contributed by atoms with Gasteiger partial charge in [0.1, 0.15) is 12.1 Å². The second kappa shape index (κ2) is 13.9. The van der Waals surface area contributed by atoms with Gasteiger partial charge in [-0.05, 0) is 68.3 Å². The van der Waals surface area contributed by atoms with E-state index in [0.717, 1.165) is 44.8 Å². The van der Waals surface area contributed by atoms with Crippen LogP contribution in [0.3, 0.4) is 0 Å². The molecule has 6 heterocycles. The SMILES string of the molecule is CNOSS1(C)Cn2nc3nc2-c2ccc4[nH]c(-c5cccnc5C(C)OC)c(c4c2)CC(C)(C)COC(=O)C2CCCN(N2)C(=O)C(C3)N1. The fourth-order valence-corrected chi connectivity index (χ4v) is 10.3. The lowest BCUT2D eigenvalue weighted by Crippen LogP contribution is -2.60. The Hall–Kier alpha value is -3.51. The lowest BCUT2D eigenvalue weighted by molar-refractivity contribution is -0.155. The van der Waals surface area contributed by atoms with Crippen molar-refractivity contribution in [3.8, 4) is 22.6 Å². The Morgan fingerprint density at radius 2 is 2.06 bits per heavy atom. The number of methoxy groups -OCH3 is 1. The number of pyridine rings is 1. The summed E-state index contributed by atoms with van der Waals surface area (Å²) in [7, 11) is 1.50. The van der Waals surface area contributed by atoms with Gasteiger partial charge in [0, 0.05) is 60.8 Å². The Balaban J connectivity index is 1.41. The highest BCUT2D eigenvalue weighted by atomic mass is 33.2. The molecule has 0 aliphatic carbocycles. The maximum atomic E-state index is 14.1. The van der Waals surface area contributed by atoms with E-state index >= 15 is 0 Å². The molecule has 16 heteroatoms. The summed E-state index contributed by atoms with van der Waals surface area (Å²) >= 11 is 1.27. The van der Waals surface area contributed by atoms with E-state index in [-0.39, 0.29) is 31.0 Å². The number of rotatable bonds is 6. The quantitative estimate of drug-likeness (QED) is 0.0966. The van der Waals surface area contributed by atoms with E-state index in [1.54, 1.807) is 25.4 Å². The number of aromatic amines is 1. The number of benzene rings is 1. The van der Waals surface area contributed by atoms with Gasteiger partial charge in [-0.3, -0.25) is 24.3 Å². The summed E-state index contributed by atoms with van der Waals surface area (Å²) in [6.45, 7) is 6.87. The van der Waals surface area contributed by atoms with Gasteiger partial charge in [0.2, 0.25) is 0 Å². The Kier molecular flexibility index (Phi) is 9.71. The van der Waals surface area contributed by atoms with E-state index in [9.17, 15) is 9.59 Å². The van der Waals surface area contributed by atoms with Crippen LogP contribution < -0.4 is 15.6 Å². The highest BCUT2D eigenvalue weighted by molar-refractivity contribution is 8.91. The Morgan fingerprint density at radius 3 is 2.86 bits per heavy atom. The van der Waals surface area contributed by atoms with Crippen molar-refractivity contribution >= 4 is 43.1 Å². The van der Waals surface area contributed by atoms with Crippen molar-refractivity contribution in [2.75, 3.05) is 33.6 Å². The van der Waals surface area contributed by atoms with Crippen molar-refractivity contribution < 1.29 is 23.3 Å². The van der Waals surface area contributed by atoms with Crippen molar-refractivity contribution in [1.82, 2.24) is 45.4 Å². The molecule has 1 fully saturated rings. The number of hydrazine groups is 1. The van der Waals surface area contributed by atoms with Crippen LogP contribution in [0, 0.1) is 5.41 Å². The first-order valence-electron chi connectivity index (χ1n) is 16.8. The lowest BCUT2D eigenvalue weighted by atomic mass is 9.84. The van der Waals surface area contributed by atoms with Gasteiger partial charge in [-0.2, -0.15) is 10.6 Å². The number of hydroxylamine groups is 1. The number of amides is 1. The minimum Gasteiger partial charge on any atom is -0.464 e. The van der Waals surface area contributed by atoms with Crippen LogP contribution in [0.5, 0.6) is 0 Å². The third kappa shape index (κ3) is 6.89. The third-order valence-electron chi connectivity index (χ3n) is 9.44. The summed E-state index contributed by atoms with van der Waals surface area (Å²) in [6.07, 6.45) is 5.73. The van der Waals surface area contributed by atoms with Crippen molar-refractivity contribution in [3.63, 3.8) is 0 Å². The largest absolute Gasteiger partial charge is 0.464 e. The van der Waals surface area contributed by atoms with Crippen LogP contribution in [0.4, 0.5) is 0 Å². The highest BCUT2D eigenvalue weighted by Crippen LogP contribution is 2.56. The van der Waals surface area contributed by atoms with Crippen LogP contribution >= 0.6 is 20.3 Å². The lowest BCUT2D eigenvalue weighted by Gasteiger charge is -2.40. The van der Waals surface area contributed by atoms with Gasteiger partial charge in [0.25, 0.3) is 5.91 Å². The molecule has 0 saturated carbocycles. The first kappa shape index (κ1) is 34.9. The number of nitrogens with one attached hydrogen (secondary N) is 4. The van der Waals surface area contributed by atoms with Crippen molar-refractivity contribution in [2.45, 2.75) is 70.5 Å². The summed E-state index contributed by atoms with van der Waals surface area (Å²) in [5, 5.41) is 7.53. The zero-order valence-electron chi connectivity index (χ0n) is 29.2. The predicted octanol–water partition coefficient (Wildman–Crippen LogP) is 4.35. The summed E-state index contributed by atoms with van der Waals surface area (Å²) < 4.78 is 22.9. The van der Waals surface area contributed by atoms with Crippen molar-refractivity contribution in [3.05, 3.63) is 53.6 Å². The van der Waals surface area contributed by atoms with E-state index in [2.05, 4.69) is 65.0 Å². The summed E-state index contributed by atoms with van der Waals surface area (Å²) in [6, 6.07) is 9.01. The Bertz CT molecular complexity index is 1910. The molecule has 14 nitrogen and oxygen atoms in total. The number of ether oxygens (including phenoxy) is 2. The molecule has 8 bridgehead atoms. The summed E-state index contributed by atoms with van der Waals surface area (Å²) in [5.74, 6) is 1.18. The highest BCUT2D eigenvalue weighted by Gasteiger charge is 2.39. The minimum atomic E-state index is -1.89. The number of aromatic nitrogens is 5. The maximum Gasteiger partial charge on any atom is 0.324 e. The van der Waals surface area contributed by atoms with E-state index in [1.807, 2.05) is 17.7 Å². The number of carbonyl (C=O) groups excluding carboxylic acids is 2. The Morgan fingerprint density at radius 1 is 1.22 bits per heavy atom. The van der Waals surface area contributed by atoms with E-state index in [0.29, 0.717) is 37.5 Å². The molecule has 3 aromatic heterocycles. The van der Waals surface area contributed by atoms with Gasteiger partial charge >= 0.3 is 5.97 Å². The molecule has 7 rings (SSSR count). The molecular weight excluding hydrogens is 679 g/mol. The maximum absolute atomic E-state index is 14.1. The van der Waals surface area contributed by atoms with Gasteiger partial charge in [0.05, 0.1) is 41.1 Å². The fourth-order valence-electron chi connectivity index (χ4n) is 6.93. The molecule has 0 radical (unpaired) electrons. The molecule has 50 heavy (non-hydrogen) atoms. The number of esters is 1. The second-order valence-electron chi connectivity index (χ2n) is 14.0. The van der Waals surface area contributed by atoms with Crippen LogP contribution in [0.2, 0.25) is 0 Å². The van der Waals surface area contributed by atoms with Crippen LogP contribution in [-0.4, -0.2) is 87.3 Å². The van der Waals surface area contributed by atoms with Crippen molar-refractivity contribution in [2.24, 2.45) is 5.41 Å². The first-order chi connectivity index (χ1) is 24.0. The van der Waals surface area contributed by atoms with Crippen LogP contribution in [0.1, 0.15) is 56.8 Å². The molecule has 4 aromatic rings. The number of cyclic esters (lactones) is 1. The topological polar surface area (TPSA) is 161 Å². The fraction of sp³-hybridized carbons (Fsp3) is 0.500. The second-order valence-corrected chi connectivity index (χ2v) is 19.5. The molecule has 1 saturated heterocycles. The molecule has 268 valence electrons. The van der Waals surface area contributed by atoms with Gasteiger partial charge in [-0.15, -0.1) is 0 Å². The number of H-pyrrole nitrogens is 1. The van der Waals surface area contributed by atoms with Gasteiger partial charge < -0.3 is 14.5 Å². The average Bonchev–Trinajstić information content (AvgIpc) is 3.68. The molecule has 4 atom stereocenters. The minimum absolute atomic E-state index is 0.170. The normalized spacial score (nSPS) is 25.8. The van der Waals surface area contributed by atoms with E-state index in [1.165, 1.54) is 11.1 Å². The number of carbonyl (C=O) groups is 2. The first-order valence-corrected chi connectivity index (χ1v) is 20.3. The zero-order valence-corrected chi connectivity index (χ0v) is 30.9. The number of fused-ring (bicyclic) bond motifs is 8. The molecule has 3 aliphatic heterocycles. The average molecular weight is 724 g/mol. The molecule has 3 aliphatic rings. The standard InChI is InChI=1S/C34H45N9O5S2/c1-20(46-5)29-22(9-7-13-36-29)30-24-17-34(2,3)18-47-33(45)26-10-8-14-42(39-26)32(44)27-16-28-38-31(21-11-12-25(37-30)23(24)15-21)43(40-28)19-50(6,41-27)49-48-35-4/h7,9,11-13,15,20,26-27,35,37,39,41H,8,10,14,16-19H2,1-6H3. The van der Waals surface area contributed by atoms with E-state index in [4.69, 9.17) is 28.8 Å². The van der Waals surface area contributed by atoms with Crippen LogP contribution in [0.25, 0.3) is 33.5 Å². The van der Waals surface area contributed by atoms with Gasteiger partial charge in [-0.25, -0.2) is 19.4 Å². The number of hydrogen-bond donors (Lipinski definition) is 4. The van der Waals surface area contributed by atoms with Crippen LogP contribution in [-0.2, 0) is 42.1 Å². The molecular formula is C34H45N9O5S2. The summed E-state index contributed by atoms with van der Waals surface area (Å²) in [5.41, 5.74) is 11.2. The van der Waals surface area contributed by atoms with Crippen LogP contribution in [0.15, 0.2) is 36.5 Å². The molecule has 1 amide bonds. The predicted molar refractivity (Wildman–Crippen MR) is 194 cm³/mol. The van der Waals surface area contributed by atoms with Crippen molar-refractivity contribution in [1.29, 1.82) is 0 Å². The molecule has 1 aromatic carbocycles. The number of hydrogen-bond acceptors (Lipinski definition) is 12. The zero-order chi connectivity index (χ0) is 35.2. The van der Waals surface area contributed by atoms with Gasteiger partial charge in [0.15, 0.2) is 11.6 Å². The third-order valence-corrected chi connectivity index (χ3v) is 13.2. The smallest absolute Gasteiger partial charge is 0.324 e. The van der Waals surface area contributed by atoms with Gasteiger partial charge in [-0.1, -0.05) is 23.1 Å². The molecule has 0 spiro atoms. The van der Waals surface area contributed by atoms with E-state index < -0.39 is 26.7 Å². The molecule has 4 N–H and O–H groups in total. The molecule has 4 unspecified atom stereocenters.